The molecule has 4 aromatic carbocycles. The number of carbonyl (C=O) groups excluding carboxylic acids is 1. The van der Waals surface area contributed by atoms with Gasteiger partial charge in [-0.1, -0.05) is 91.0 Å². The Morgan fingerprint density at radius 2 is 1.47 bits per heavy atom. The molecule has 150 valence electrons. The molecule has 0 saturated heterocycles. The van der Waals surface area contributed by atoms with Crippen molar-refractivity contribution in [1.82, 2.24) is 5.32 Å². The quantitative estimate of drug-likeness (QED) is 0.447. The first-order chi connectivity index (χ1) is 14.6. The molecule has 0 bridgehead atoms. The molecule has 0 saturated carbocycles. The number of hydrogen-bond donors (Lipinski definition) is 1. The number of ether oxygens (including phenoxy) is 1. The lowest BCUT2D eigenvalue weighted by atomic mass is 9.95. The molecule has 0 aliphatic rings. The molecule has 3 heteroatoms. The van der Waals surface area contributed by atoms with Gasteiger partial charge < -0.3 is 10.1 Å². The van der Waals surface area contributed by atoms with Gasteiger partial charge in [0.2, 0.25) is 0 Å². The third-order valence-electron chi connectivity index (χ3n) is 5.34. The Hall–Kier alpha value is -3.59. The van der Waals surface area contributed by atoms with Crippen molar-refractivity contribution >= 4 is 16.7 Å². The van der Waals surface area contributed by atoms with Crippen molar-refractivity contribution in [1.29, 1.82) is 0 Å². The van der Waals surface area contributed by atoms with E-state index in [0.29, 0.717) is 5.75 Å². The average molecular weight is 396 g/mol. The SMILES string of the molecule is Cc1ccccc1[C@@H](NC(=O)[C@@H](C)Oc1cccc2ccccc12)c1ccccc1. The van der Waals surface area contributed by atoms with Crippen LogP contribution in [0.25, 0.3) is 10.8 Å². The predicted molar refractivity (Wildman–Crippen MR) is 122 cm³/mol. The van der Waals surface area contributed by atoms with E-state index in [2.05, 4.69) is 24.4 Å². The standard InChI is InChI=1S/C27H25NO2/c1-19-11-6-8-16-23(19)26(22-13-4-3-5-14-22)28-27(29)20(2)30-25-18-10-15-21-12-7-9-17-24(21)25/h3-18,20,26H,1-2H3,(H,28,29)/t20-,26+/m1/s1. The van der Waals surface area contributed by atoms with Gasteiger partial charge in [-0.3, -0.25) is 4.79 Å². The van der Waals surface area contributed by atoms with Crippen LogP contribution < -0.4 is 10.1 Å². The van der Waals surface area contributed by atoms with Gasteiger partial charge >= 0.3 is 0 Å². The van der Waals surface area contributed by atoms with Gasteiger partial charge in [0.25, 0.3) is 5.91 Å². The highest BCUT2D eigenvalue weighted by Gasteiger charge is 2.23. The first-order valence-corrected chi connectivity index (χ1v) is 10.2. The van der Waals surface area contributed by atoms with E-state index in [-0.39, 0.29) is 11.9 Å². The Kier molecular flexibility index (Phi) is 5.80. The maximum Gasteiger partial charge on any atom is 0.261 e. The molecule has 30 heavy (non-hydrogen) atoms. The van der Waals surface area contributed by atoms with Gasteiger partial charge in [-0.25, -0.2) is 0 Å². The number of rotatable bonds is 6. The smallest absolute Gasteiger partial charge is 0.261 e. The monoisotopic (exact) mass is 395 g/mol. The van der Waals surface area contributed by atoms with Crippen LogP contribution in [0.3, 0.4) is 0 Å². The highest BCUT2D eigenvalue weighted by Crippen LogP contribution is 2.27. The van der Waals surface area contributed by atoms with Crippen molar-refractivity contribution in [3.05, 3.63) is 114 Å². The number of aryl methyl sites for hydroxylation is 1. The Balaban J connectivity index is 1.58. The van der Waals surface area contributed by atoms with Crippen LogP contribution in [0.4, 0.5) is 0 Å². The first-order valence-electron chi connectivity index (χ1n) is 10.2. The number of fused-ring (bicyclic) bond motifs is 1. The minimum absolute atomic E-state index is 0.153. The first kappa shape index (κ1) is 19.7. The second-order valence-corrected chi connectivity index (χ2v) is 7.45. The molecule has 1 amide bonds. The van der Waals surface area contributed by atoms with Crippen LogP contribution in [0.2, 0.25) is 0 Å². The molecular formula is C27H25NO2. The molecule has 0 aliphatic heterocycles. The minimum Gasteiger partial charge on any atom is -0.480 e. The summed E-state index contributed by atoms with van der Waals surface area (Å²) in [5.74, 6) is 0.558. The zero-order chi connectivity index (χ0) is 20.9. The van der Waals surface area contributed by atoms with E-state index in [1.165, 1.54) is 0 Å². The molecule has 1 N–H and O–H groups in total. The molecule has 0 aromatic heterocycles. The summed E-state index contributed by atoms with van der Waals surface area (Å²) in [4.78, 5) is 13.1. The van der Waals surface area contributed by atoms with Crippen LogP contribution in [0.5, 0.6) is 5.75 Å². The van der Waals surface area contributed by atoms with Crippen molar-refractivity contribution in [3.8, 4) is 5.75 Å². The Morgan fingerprint density at radius 1 is 0.800 bits per heavy atom. The average Bonchev–Trinajstić information content (AvgIpc) is 2.79. The molecule has 0 spiro atoms. The molecule has 4 rings (SSSR count). The largest absolute Gasteiger partial charge is 0.480 e. The summed E-state index contributed by atoms with van der Waals surface area (Å²) < 4.78 is 6.08. The lowest BCUT2D eigenvalue weighted by Gasteiger charge is -2.24. The summed E-state index contributed by atoms with van der Waals surface area (Å²) in [6.07, 6.45) is -0.633. The van der Waals surface area contributed by atoms with Crippen LogP contribution in [0, 0.1) is 6.92 Å². The fourth-order valence-electron chi connectivity index (χ4n) is 3.70. The van der Waals surface area contributed by atoms with Crippen molar-refractivity contribution in [2.24, 2.45) is 0 Å². The fraction of sp³-hybridized carbons (Fsp3) is 0.148. The van der Waals surface area contributed by atoms with Gasteiger partial charge in [-0.05, 0) is 42.0 Å². The molecule has 2 atom stereocenters. The van der Waals surface area contributed by atoms with Gasteiger partial charge in [-0.2, -0.15) is 0 Å². The van der Waals surface area contributed by atoms with E-state index in [1.54, 1.807) is 6.92 Å². The lowest BCUT2D eigenvalue weighted by molar-refractivity contribution is -0.127. The molecule has 0 radical (unpaired) electrons. The third-order valence-corrected chi connectivity index (χ3v) is 5.34. The molecule has 3 nitrogen and oxygen atoms in total. The number of carbonyl (C=O) groups is 1. The fourth-order valence-corrected chi connectivity index (χ4v) is 3.70. The normalized spacial score (nSPS) is 12.9. The number of hydrogen-bond acceptors (Lipinski definition) is 2. The maximum atomic E-state index is 13.1. The highest BCUT2D eigenvalue weighted by molar-refractivity contribution is 5.89. The van der Waals surface area contributed by atoms with E-state index in [9.17, 15) is 4.79 Å². The maximum absolute atomic E-state index is 13.1. The zero-order valence-corrected chi connectivity index (χ0v) is 17.2. The summed E-state index contributed by atoms with van der Waals surface area (Å²) in [5, 5.41) is 5.28. The van der Waals surface area contributed by atoms with E-state index in [1.807, 2.05) is 84.9 Å². The van der Waals surface area contributed by atoms with Crippen LogP contribution in [0.1, 0.15) is 29.7 Å². The van der Waals surface area contributed by atoms with Crippen molar-refractivity contribution in [2.45, 2.75) is 26.0 Å². The molecule has 0 aliphatic carbocycles. The van der Waals surface area contributed by atoms with Gasteiger partial charge in [0.1, 0.15) is 5.75 Å². The van der Waals surface area contributed by atoms with Crippen LogP contribution in [-0.2, 0) is 4.79 Å². The number of amides is 1. The number of nitrogens with one attached hydrogen (secondary N) is 1. The summed E-state index contributed by atoms with van der Waals surface area (Å²) in [6, 6.07) is 31.8. The summed E-state index contributed by atoms with van der Waals surface area (Å²) in [7, 11) is 0. The summed E-state index contributed by atoms with van der Waals surface area (Å²) in [6.45, 7) is 3.85. The van der Waals surface area contributed by atoms with Gasteiger partial charge in [-0.15, -0.1) is 0 Å². The second-order valence-electron chi connectivity index (χ2n) is 7.45. The van der Waals surface area contributed by atoms with Gasteiger partial charge in [0.15, 0.2) is 6.10 Å². The Labute approximate surface area is 177 Å². The number of benzene rings is 4. The van der Waals surface area contributed by atoms with Crippen molar-refractivity contribution in [3.63, 3.8) is 0 Å². The Bertz CT molecular complexity index is 1150. The lowest BCUT2D eigenvalue weighted by Crippen LogP contribution is -2.39. The topological polar surface area (TPSA) is 38.3 Å². The van der Waals surface area contributed by atoms with Crippen LogP contribution >= 0.6 is 0 Å². The highest BCUT2D eigenvalue weighted by atomic mass is 16.5. The summed E-state index contributed by atoms with van der Waals surface area (Å²) >= 11 is 0. The van der Waals surface area contributed by atoms with E-state index in [4.69, 9.17) is 4.74 Å². The van der Waals surface area contributed by atoms with Crippen molar-refractivity contribution in [2.75, 3.05) is 0 Å². The van der Waals surface area contributed by atoms with Gasteiger partial charge in [0, 0.05) is 5.39 Å². The second kappa shape index (κ2) is 8.83. The molecule has 0 unspecified atom stereocenters. The predicted octanol–water partition coefficient (Wildman–Crippen LogP) is 5.82. The van der Waals surface area contributed by atoms with Crippen LogP contribution in [-0.4, -0.2) is 12.0 Å². The third kappa shape index (κ3) is 4.20. The van der Waals surface area contributed by atoms with Crippen LogP contribution in [0.15, 0.2) is 97.1 Å². The van der Waals surface area contributed by atoms with E-state index in [0.717, 1.165) is 27.5 Å². The Morgan fingerprint density at radius 3 is 2.27 bits per heavy atom. The molecular weight excluding hydrogens is 370 g/mol. The van der Waals surface area contributed by atoms with E-state index < -0.39 is 6.10 Å². The van der Waals surface area contributed by atoms with E-state index >= 15 is 0 Å². The zero-order valence-electron chi connectivity index (χ0n) is 17.2. The molecule has 4 aromatic rings. The molecule has 0 heterocycles. The van der Waals surface area contributed by atoms with Crippen molar-refractivity contribution < 1.29 is 9.53 Å². The molecule has 0 fully saturated rings. The minimum atomic E-state index is -0.633. The summed E-state index contributed by atoms with van der Waals surface area (Å²) in [5.41, 5.74) is 3.25. The van der Waals surface area contributed by atoms with Gasteiger partial charge in [0.05, 0.1) is 6.04 Å².